The number of guanidine groups is 1. The molecule has 3 N–H and O–H groups in total. The van der Waals surface area contributed by atoms with Crippen molar-refractivity contribution >= 4 is 11.6 Å². The van der Waals surface area contributed by atoms with Crippen molar-refractivity contribution in [3.63, 3.8) is 0 Å². The molecule has 0 spiro atoms. The molecule has 23 heavy (non-hydrogen) atoms. The van der Waals surface area contributed by atoms with E-state index in [1.54, 1.807) is 6.07 Å². The zero-order valence-electron chi connectivity index (χ0n) is 13.6. The smallest absolute Gasteiger partial charge is 0.214 e. The van der Waals surface area contributed by atoms with Crippen LogP contribution >= 0.6 is 0 Å². The largest absolute Gasteiger partial charge is 0.325 e. The molecule has 0 aliphatic carbocycles. The number of rotatable bonds is 2. The molecule has 124 valence electrons. The van der Waals surface area contributed by atoms with Gasteiger partial charge in [0.15, 0.2) is 6.19 Å². The van der Waals surface area contributed by atoms with E-state index in [1.807, 2.05) is 33.9 Å². The van der Waals surface area contributed by atoms with Crippen LogP contribution in [0.3, 0.4) is 0 Å². The molecule has 0 amide bonds. The third kappa shape index (κ3) is 3.57. The van der Waals surface area contributed by atoms with Gasteiger partial charge in [0.05, 0.1) is 11.6 Å². The predicted octanol–water partition coefficient (Wildman–Crippen LogP) is 2.08. The normalized spacial score (nSPS) is 23.3. The second kappa shape index (κ2) is 6.10. The van der Waals surface area contributed by atoms with Crippen molar-refractivity contribution in [2.24, 2.45) is 4.99 Å². The van der Waals surface area contributed by atoms with E-state index in [-0.39, 0.29) is 12.0 Å². The molecule has 0 aromatic carbocycles. The molecule has 7 nitrogen and oxygen atoms in total. The summed E-state index contributed by atoms with van der Waals surface area (Å²) in [5, 5.41) is 25.8. The summed E-state index contributed by atoms with van der Waals surface area (Å²) in [5.41, 5.74) is -0.607. The van der Waals surface area contributed by atoms with Gasteiger partial charge in [-0.25, -0.2) is 9.98 Å². The van der Waals surface area contributed by atoms with Gasteiger partial charge in [-0.1, -0.05) is 0 Å². The molecule has 2 rings (SSSR count). The highest BCUT2D eigenvalue weighted by atomic mass is 19.1. The van der Waals surface area contributed by atoms with Crippen LogP contribution < -0.4 is 10.6 Å². The van der Waals surface area contributed by atoms with Crippen LogP contribution in [0.5, 0.6) is 0 Å². The van der Waals surface area contributed by atoms with Crippen molar-refractivity contribution in [1.82, 2.24) is 15.4 Å². The first-order chi connectivity index (χ1) is 10.7. The average molecular weight is 320 g/mol. The molecule has 0 radical (unpaired) electrons. The van der Waals surface area contributed by atoms with Gasteiger partial charge in [0, 0.05) is 23.5 Å². The molecule has 1 fully saturated rings. The number of nitriles is 1. The van der Waals surface area contributed by atoms with Crippen molar-refractivity contribution in [2.75, 3.05) is 5.32 Å². The first-order valence-corrected chi connectivity index (χ1v) is 7.27. The second-order valence-electron chi connectivity index (χ2n) is 6.70. The van der Waals surface area contributed by atoms with Gasteiger partial charge in [0.25, 0.3) is 0 Å². The summed E-state index contributed by atoms with van der Waals surface area (Å²) in [4.78, 5) is 7.99. The number of aromatic nitrogens is 1. The predicted molar refractivity (Wildman–Crippen MR) is 84.2 cm³/mol. The second-order valence-corrected chi connectivity index (χ2v) is 6.70. The average Bonchev–Trinajstić information content (AvgIpc) is 2.59. The molecule has 1 aliphatic heterocycles. The molecule has 2 heterocycles. The van der Waals surface area contributed by atoms with Crippen LogP contribution in [0.25, 0.3) is 0 Å². The van der Waals surface area contributed by atoms with Crippen molar-refractivity contribution < 1.29 is 9.60 Å². The first-order valence-electron chi connectivity index (χ1n) is 7.27. The van der Waals surface area contributed by atoms with Crippen LogP contribution in [0.1, 0.15) is 34.1 Å². The lowest BCUT2D eigenvalue weighted by Gasteiger charge is -2.35. The maximum atomic E-state index is 13.2. The number of aliphatic imine (C=N–C) groups is 1. The molecule has 0 saturated carbocycles. The molecule has 1 atom stereocenters. The molecule has 0 bridgehead atoms. The van der Waals surface area contributed by atoms with E-state index >= 15 is 0 Å². The van der Waals surface area contributed by atoms with Crippen LogP contribution in [0, 0.1) is 17.4 Å². The van der Waals surface area contributed by atoms with Gasteiger partial charge in [-0.05, 0) is 40.2 Å². The fourth-order valence-corrected chi connectivity index (χ4v) is 2.86. The lowest BCUT2D eigenvalue weighted by Crippen LogP contribution is -2.48. The van der Waals surface area contributed by atoms with Crippen molar-refractivity contribution in [3.8, 4) is 6.19 Å². The quantitative estimate of drug-likeness (QED) is 0.254. The highest BCUT2D eigenvalue weighted by molar-refractivity contribution is 5.94. The Bertz CT molecular complexity index is 652. The van der Waals surface area contributed by atoms with E-state index in [0.717, 1.165) is 0 Å². The fraction of sp³-hybridized carbons (Fsp3) is 0.533. The monoisotopic (exact) mass is 320 g/mol. The number of nitrogens with one attached hydrogen (secondary N) is 2. The number of halogens is 1. The van der Waals surface area contributed by atoms with Crippen molar-refractivity contribution in [2.45, 2.75) is 51.2 Å². The maximum Gasteiger partial charge on any atom is 0.214 e. The third-order valence-electron chi connectivity index (χ3n) is 4.08. The minimum Gasteiger partial charge on any atom is -0.325 e. The molecule has 1 aromatic heterocycles. The van der Waals surface area contributed by atoms with Crippen LogP contribution in [0.4, 0.5) is 10.1 Å². The Hall–Kier alpha value is -2.24. The SMILES string of the molecule is CC1(C)CC(N=C(NC#N)Nc2ccnc(F)c2)C(C)(C)N1O. The van der Waals surface area contributed by atoms with Gasteiger partial charge in [0.2, 0.25) is 11.9 Å². The Kier molecular flexibility index (Phi) is 4.54. The van der Waals surface area contributed by atoms with Crippen LogP contribution in [0.15, 0.2) is 23.3 Å². The molecule has 1 unspecified atom stereocenters. The highest BCUT2D eigenvalue weighted by Crippen LogP contribution is 2.40. The van der Waals surface area contributed by atoms with E-state index < -0.39 is 17.0 Å². The molecule has 1 aromatic rings. The van der Waals surface area contributed by atoms with Gasteiger partial charge < -0.3 is 10.5 Å². The van der Waals surface area contributed by atoms with Crippen molar-refractivity contribution in [1.29, 1.82) is 5.26 Å². The maximum absolute atomic E-state index is 13.2. The van der Waals surface area contributed by atoms with Gasteiger partial charge >= 0.3 is 0 Å². The zero-order chi connectivity index (χ0) is 17.3. The Morgan fingerprint density at radius 1 is 1.52 bits per heavy atom. The Morgan fingerprint density at radius 2 is 2.22 bits per heavy atom. The lowest BCUT2D eigenvalue weighted by molar-refractivity contribution is -0.193. The van der Waals surface area contributed by atoms with E-state index in [4.69, 9.17) is 5.26 Å². The molecule has 1 aliphatic rings. The summed E-state index contributed by atoms with van der Waals surface area (Å²) in [5.74, 6) is -0.433. The third-order valence-corrected chi connectivity index (χ3v) is 4.08. The minimum absolute atomic E-state index is 0.197. The van der Waals surface area contributed by atoms with Gasteiger partial charge in [-0.3, -0.25) is 5.32 Å². The fourth-order valence-electron chi connectivity index (χ4n) is 2.86. The number of pyridine rings is 1. The summed E-state index contributed by atoms with van der Waals surface area (Å²) >= 11 is 0. The van der Waals surface area contributed by atoms with E-state index in [2.05, 4.69) is 20.6 Å². The summed E-state index contributed by atoms with van der Waals surface area (Å²) in [7, 11) is 0. The van der Waals surface area contributed by atoms with Crippen molar-refractivity contribution in [3.05, 3.63) is 24.3 Å². The topological polar surface area (TPSA) is 96.6 Å². The van der Waals surface area contributed by atoms with Crippen LogP contribution in [0.2, 0.25) is 0 Å². The number of anilines is 1. The molecule has 1 saturated heterocycles. The number of nitrogens with zero attached hydrogens (tertiary/aromatic N) is 4. The summed E-state index contributed by atoms with van der Waals surface area (Å²) in [6, 6.07) is 2.52. The number of hydrogen-bond acceptors (Lipinski definition) is 5. The first kappa shape index (κ1) is 17.1. The minimum atomic E-state index is -0.629. The summed E-state index contributed by atoms with van der Waals surface area (Å²) in [6.07, 6.45) is 3.74. The van der Waals surface area contributed by atoms with E-state index in [0.29, 0.717) is 12.1 Å². The van der Waals surface area contributed by atoms with Gasteiger partial charge in [-0.2, -0.15) is 14.7 Å². The standard InChI is InChI=1S/C15H21FN6O/c1-14(2)8-11(15(3,4)22(14)23)21-13(19-9-17)20-10-5-6-18-12(16)7-10/h5-7,11,23H,8H2,1-4H3,(H2,18,19,20,21). The molecular weight excluding hydrogens is 299 g/mol. The van der Waals surface area contributed by atoms with E-state index in [1.165, 1.54) is 17.3 Å². The van der Waals surface area contributed by atoms with E-state index in [9.17, 15) is 9.60 Å². The summed E-state index contributed by atoms with van der Waals surface area (Å²) in [6.45, 7) is 7.61. The number of hydrogen-bond donors (Lipinski definition) is 3. The molecule has 8 heteroatoms. The Labute approximate surface area is 134 Å². The lowest BCUT2D eigenvalue weighted by atomic mass is 9.95. The van der Waals surface area contributed by atoms with Gasteiger partial charge in [0.1, 0.15) is 0 Å². The van der Waals surface area contributed by atoms with Crippen LogP contribution in [-0.4, -0.2) is 38.3 Å². The summed E-state index contributed by atoms with van der Waals surface area (Å²) < 4.78 is 13.2. The zero-order valence-corrected chi connectivity index (χ0v) is 13.6. The highest BCUT2D eigenvalue weighted by Gasteiger charge is 2.51. The Balaban J connectivity index is 2.27. The molecular formula is C15H21FN6O. The van der Waals surface area contributed by atoms with Crippen LogP contribution in [-0.2, 0) is 0 Å². The Morgan fingerprint density at radius 3 is 2.74 bits per heavy atom. The van der Waals surface area contributed by atoms with Gasteiger partial charge in [-0.15, -0.1) is 0 Å². The number of hydroxylamine groups is 2.